The summed E-state index contributed by atoms with van der Waals surface area (Å²) in [7, 11) is 0. The first-order valence-electron chi connectivity index (χ1n) is 5.96. The van der Waals surface area contributed by atoms with E-state index in [0.29, 0.717) is 17.6 Å². The number of hydrogen-bond donors (Lipinski definition) is 1. The van der Waals surface area contributed by atoms with E-state index in [4.69, 9.17) is 10.8 Å². The van der Waals surface area contributed by atoms with Gasteiger partial charge < -0.3 is 9.73 Å². The molecule has 0 aliphatic heterocycles. The molecule has 0 aliphatic rings. The topological polar surface area (TPSA) is 42.2 Å². The number of hydrogen-bond acceptors (Lipinski definition) is 2. The van der Waals surface area contributed by atoms with Gasteiger partial charge in [-0.05, 0) is 12.5 Å². The number of para-hydroxylation sites is 1. The fraction of sp³-hybridized carbons (Fsp3) is 0.267. The van der Waals surface area contributed by atoms with Gasteiger partial charge >= 0.3 is 0 Å². The van der Waals surface area contributed by atoms with Crippen molar-refractivity contribution in [3.05, 3.63) is 36.1 Å². The van der Waals surface area contributed by atoms with Crippen molar-refractivity contribution in [3.63, 3.8) is 0 Å². The molecular weight excluding hydrogens is 226 g/mol. The van der Waals surface area contributed by atoms with Gasteiger partial charge in [0.2, 0.25) is 0 Å². The zero-order chi connectivity index (χ0) is 13.0. The van der Waals surface area contributed by atoms with Crippen molar-refractivity contribution in [3.8, 4) is 12.3 Å². The number of rotatable bonds is 4. The highest BCUT2D eigenvalue weighted by Crippen LogP contribution is 2.20. The first-order valence-corrected chi connectivity index (χ1v) is 5.96. The normalized spacial score (nSPS) is 12.0. The zero-order valence-electron chi connectivity index (χ0n) is 10.3. The lowest BCUT2D eigenvalue weighted by atomic mass is 10.1. The molecule has 0 saturated carbocycles. The molecule has 1 N–H and O–H groups in total. The van der Waals surface area contributed by atoms with Crippen molar-refractivity contribution in [2.24, 2.45) is 0 Å². The highest BCUT2D eigenvalue weighted by Gasteiger charge is 2.16. The quantitative estimate of drug-likeness (QED) is 0.836. The number of nitrogens with one attached hydrogen (secondary N) is 1. The molecule has 2 aromatic rings. The van der Waals surface area contributed by atoms with Crippen LogP contribution < -0.4 is 5.32 Å². The van der Waals surface area contributed by atoms with Crippen LogP contribution in [0.25, 0.3) is 11.0 Å². The second-order valence-electron chi connectivity index (χ2n) is 4.13. The van der Waals surface area contributed by atoms with E-state index < -0.39 is 0 Å². The summed E-state index contributed by atoms with van der Waals surface area (Å²) in [4.78, 5) is 12.1. The average Bonchev–Trinajstić information content (AvgIpc) is 2.82. The van der Waals surface area contributed by atoms with Crippen LogP contribution in [0.5, 0.6) is 0 Å². The number of amides is 1. The number of terminal acetylenes is 1. The van der Waals surface area contributed by atoms with Gasteiger partial charge in [0.05, 0.1) is 5.56 Å². The van der Waals surface area contributed by atoms with Crippen LogP contribution in [0.1, 0.15) is 30.1 Å². The van der Waals surface area contributed by atoms with Gasteiger partial charge in [0.15, 0.2) is 0 Å². The summed E-state index contributed by atoms with van der Waals surface area (Å²) in [5.41, 5.74) is 1.27. The minimum atomic E-state index is -0.137. The Morgan fingerprint density at radius 1 is 1.50 bits per heavy atom. The van der Waals surface area contributed by atoms with Crippen LogP contribution in [0.3, 0.4) is 0 Å². The summed E-state index contributed by atoms with van der Waals surface area (Å²) in [6.45, 7) is 2.00. The highest BCUT2D eigenvalue weighted by molar-refractivity contribution is 6.05. The molecule has 1 aromatic heterocycles. The molecule has 1 unspecified atom stereocenters. The first-order chi connectivity index (χ1) is 8.76. The maximum absolute atomic E-state index is 12.1. The van der Waals surface area contributed by atoms with Gasteiger partial charge in [-0.25, -0.2) is 0 Å². The van der Waals surface area contributed by atoms with Crippen LogP contribution in [0, 0.1) is 12.3 Å². The van der Waals surface area contributed by atoms with Crippen molar-refractivity contribution < 1.29 is 9.21 Å². The van der Waals surface area contributed by atoms with E-state index in [-0.39, 0.29) is 11.9 Å². The third kappa shape index (κ3) is 2.38. The molecule has 2 rings (SSSR count). The van der Waals surface area contributed by atoms with Gasteiger partial charge in [0.25, 0.3) is 5.91 Å². The number of benzene rings is 1. The molecule has 1 amide bonds. The van der Waals surface area contributed by atoms with E-state index >= 15 is 0 Å². The molecule has 0 radical (unpaired) electrons. The summed E-state index contributed by atoms with van der Waals surface area (Å²) in [5.74, 6) is 2.43. The number of fused-ring (bicyclic) bond motifs is 1. The van der Waals surface area contributed by atoms with Crippen LogP contribution in [-0.4, -0.2) is 11.9 Å². The predicted molar refractivity (Wildman–Crippen MR) is 71.2 cm³/mol. The zero-order valence-corrected chi connectivity index (χ0v) is 10.3. The summed E-state index contributed by atoms with van der Waals surface area (Å²) >= 11 is 0. The Morgan fingerprint density at radius 3 is 3.00 bits per heavy atom. The SMILES string of the molecule is C#CCC(CC)NC(=O)c1coc2ccccc12. The smallest absolute Gasteiger partial charge is 0.255 e. The second kappa shape index (κ2) is 5.42. The fourth-order valence-electron chi connectivity index (χ4n) is 1.86. The first kappa shape index (κ1) is 12.3. The Hall–Kier alpha value is -2.21. The molecule has 3 heteroatoms. The Kier molecular flexibility index (Phi) is 3.69. The molecule has 0 bridgehead atoms. The Morgan fingerprint density at radius 2 is 2.28 bits per heavy atom. The van der Waals surface area contributed by atoms with Crippen LogP contribution in [-0.2, 0) is 0 Å². The van der Waals surface area contributed by atoms with Crippen molar-refractivity contribution in [1.82, 2.24) is 5.32 Å². The fourth-order valence-corrected chi connectivity index (χ4v) is 1.86. The third-order valence-corrected chi connectivity index (χ3v) is 2.92. The van der Waals surface area contributed by atoms with E-state index in [1.807, 2.05) is 31.2 Å². The Bertz CT molecular complexity index is 592. The minimum Gasteiger partial charge on any atom is -0.463 e. The van der Waals surface area contributed by atoms with Crippen LogP contribution in [0.4, 0.5) is 0 Å². The molecule has 1 atom stereocenters. The van der Waals surface area contributed by atoms with Gasteiger partial charge in [-0.3, -0.25) is 4.79 Å². The Labute approximate surface area is 106 Å². The maximum Gasteiger partial charge on any atom is 0.255 e. The molecule has 0 aliphatic carbocycles. The number of carbonyl (C=O) groups is 1. The number of carbonyl (C=O) groups excluding carboxylic acids is 1. The summed E-state index contributed by atoms with van der Waals surface area (Å²) < 4.78 is 5.34. The lowest BCUT2D eigenvalue weighted by molar-refractivity contribution is 0.0937. The molecule has 0 fully saturated rings. The van der Waals surface area contributed by atoms with E-state index in [1.54, 1.807) is 0 Å². The van der Waals surface area contributed by atoms with Crippen molar-refractivity contribution >= 4 is 16.9 Å². The lowest BCUT2D eigenvalue weighted by Gasteiger charge is -2.13. The van der Waals surface area contributed by atoms with E-state index in [2.05, 4.69) is 11.2 Å². The summed E-state index contributed by atoms with van der Waals surface area (Å²) in [6.07, 6.45) is 8.11. The van der Waals surface area contributed by atoms with Crippen molar-refractivity contribution in [1.29, 1.82) is 0 Å². The van der Waals surface area contributed by atoms with Gasteiger partial charge in [-0.1, -0.05) is 25.1 Å². The van der Waals surface area contributed by atoms with Crippen LogP contribution in [0.2, 0.25) is 0 Å². The predicted octanol–water partition coefficient (Wildman–Crippen LogP) is 2.96. The van der Waals surface area contributed by atoms with Gasteiger partial charge in [-0.2, -0.15) is 0 Å². The minimum absolute atomic E-state index is 0.0103. The second-order valence-corrected chi connectivity index (χ2v) is 4.13. The summed E-state index contributed by atoms with van der Waals surface area (Å²) in [6, 6.07) is 7.48. The van der Waals surface area contributed by atoms with E-state index in [9.17, 15) is 4.79 Å². The number of furan rings is 1. The standard InChI is InChI=1S/C15H15NO2/c1-3-7-11(4-2)16-15(17)13-10-18-14-9-6-5-8-12(13)14/h1,5-6,8-11H,4,7H2,2H3,(H,16,17). The molecule has 1 aromatic carbocycles. The molecule has 3 nitrogen and oxygen atoms in total. The third-order valence-electron chi connectivity index (χ3n) is 2.92. The van der Waals surface area contributed by atoms with Gasteiger partial charge in [0.1, 0.15) is 11.8 Å². The van der Waals surface area contributed by atoms with E-state index in [0.717, 1.165) is 11.8 Å². The highest BCUT2D eigenvalue weighted by atomic mass is 16.3. The van der Waals surface area contributed by atoms with E-state index in [1.165, 1.54) is 6.26 Å². The molecule has 0 spiro atoms. The maximum atomic E-state index is 12.1. The van der Waals surface area contributed by atoms with Crippen LogP contribution in [0.15, 0.2) is 34.9 Å². The molecule has 1 heterocycles. The van der Waals surface area contributed by atoms with Gasteiger partial charge in [-0.15, -0.1) is 12.3 Å². The van der Waals surface area contributed by atoms with Crippen molar-refractivity contribution in [2.75, 3.05) is 0 Å². The molecule has 0 saturated heterocycles. The summed E-state index contributed by atoms with van der Waals surface area (Å²) in [5, 5.41) is 3.75. The molecule has 18 heavy (non-hydrogen) atoms. The molecular formula is C15H15NO2. The van der Waals surface area contributed by atoms with Crippen molar-refractivity contribution in [2.45, 2.75) is 25.8 Å². The molecule has 92 valence electrons. The lowest BCUT2D eigenvalue weighted by Crippen LogP contribution is -2.33. The largest absolute Gasteiger partial charge is 0.463 e. The monoisotopic (exact) mass is 241 g/mol. The van der Waals surface area contributed by atoms with Gasteiger partial charge in [0, 0.05) is 17.8 Å². The Balaban J connectivity index is 2.21. The van der Waals surface area contributed by atoms with Crippen LogP contribution >= 0.6 is 0 Å². The average molecular weight is 241 g/mol.